The third-order valence-corrected chi connectivity index (χ3v) is 5.18. The average Bonchev–Trinajstić information content (AvgIpc) is 2.78. The molecule has 2 unspecified atom stereocenters. The maximum Gasteiger partial charge on any atom is 0.193 e. The summed E-state index contributed by atoms with van der Waals surface area (Å²) in [6, 6.07) is 0. The van der Waals surface area contributed by atoms with E-state index in [1.165, 1.54) is 12.8 Å². The third-order valence-electron chi connectivity index (χ3n) is 5.18. The van der Waals surface area contributed by atoms with Crippen LogP contribution in [-0.4, -0.2) is 48.2 Å². The van der Waals surface area contributed by atoms with Gasteiger partial charge in [-0.05, 0) is 31.6 Å². The molecular formula is C17H34IN3O. The Balaban J connectivity index is 0.00000242. The van der Waals surface area contributed by atoms with E-state index in [2.05, 4.69) is 37.9 Å². The highest BCUT2D eigenvalue weighted by Crippen LogP contribution is 2.36. The summed E-state index contributed by atoms with van der Waals surface area (Å²) in [6.45, 7) is 12.7. The number of nitrogens with zero attached hydrogens (tertiary/aromatic N) is 2. The van der Waals surface area contributed by atoms with E-state index in [0.29, 0.717) is 5.41 Å². The molecule has 0 aromatic rings. The number of likely N-dealkylation sites (tertiary alicyclic amines) is 1. The maximum absolute atomic E-state index is 10.3. The molecule has 0 bridgehead atoms. The first-order valence-electron chi connectivity index (χ1n) is 8.58. The fraction of sp³-hybridized carbons (Fsp3) is 0.941. The highest BCUT2D eigenvalue weighted by Gasteiger charge is 2.36. The van der Waals surface area contributed by atoms with Gasteiger partial charge in [-0.25, -0.2) is 0 Å². The molecule has 0 spiro atoms. The second-order valence-electron chi connectivity index (χ2n) is 7.92. The molecule has 1 saturated carbocycles. The molecule has 22 heavy (non-hydrogen) atoms. The van der Waals surface area contributed by atoms with Crippen molar-refractivity contribution in [3.8, 4) is 0 Å². The summed E-state index contributed by atoms with van der Waals surface area (Å²) in [7, 11) is 0. The van der Waals surface area contributed by atoms with Gasteiger partial charge in [0.05, 0.1) is 12.6 Å². The molecule has 0 aromatic carbocycles. The van der Waals surface area contributed by atoms with Gasteiger partial charge >= 0.3 is 0 Å². The van der Waals surface area contributed by atoms with Crippen molar-refractivity contribution >= 4 is 29.9 Å². The summed E-state index contributed by atoms with van der Waals surface area (Å²) < 4.78 is 0. The summed E-state index contributed by atoms with van der Waals surface area (Å²) >= 11 is 0. The van der Waals surface area contributed by atoms with Gasteiger partial charge in [-0.2, -0.15) is 0 Å². The first-order chi connectivity index (χ1) is 9.86. The number of guanidine groups is 1. The fourth-order valence-electron chi connectivity index (χ4n) is 3.54. The largest absolute Gasteiger partial charge is 0.392 e. The molecule has 0 aromatic heterocycles. The zero-order chi connectivity index (χ0) is 15.5. The van der Waals surface area contributed by atoms with Gasteiger partial charge in [0.1, 0.15) is 0 Å². The van der Waals surface area contributed by atoms with Crippen LogP contribution >= 0.6 is 24.0 Å². The lowest BCUT2D eigenvalue weighted by atomic mass is 9.73. The van der Waals surface area contributed by atoms with Gasteiger partial charge < -0.3 is 15.3 Å². The molecule has 2 atom stereocenters. The van der Waals surface area contributed by atoms with Crippen LogP contribution in [0, 0.1) is 10.8 Å². The van der Waals surface area contributed by atoms with Crippen molar-refractivity contribution in [2.75, 3.05) is 26.2 Å². The van der Waals surface area contributed by atoms with Crippen molar-refractivity contribution in [2.45, 2.75) is 65.9 Å². The van der Waals surface area contributed by atoms with Gasteiger partial charge in [-0.1, -0.05) is 33.6 Å². The number of aliphatic hydroxyl groups is 1. The standard InChI is InChI=1S/C17H33N3O.HI/c1-5-18-15(20-11-10-16(2,3)13-20)19-12-17(4)9-7-6-8-14(17)21;/h14,21H,5-13H2,1-4H3,(H,18,19);1H. The maximum atomic E-state index is 10.3. The number of aliphatic imine (C=N–C) groups is 1. The summed E-state index contributed by atoms with van der Waals surface area (Å²) in [6.07, 6.45) is 5.41. The van der Waals surface area contributed by atoms with Gasteiger partial charge in [-0.3, -0.25) is 4.99 Å². The quantitative estimate of drug-likeness (QED) is 0.416. The van der Waals surface area contributed by atoms with Gasteiger partial charge in [0.2, 0.25) is 0 Å². The Morgan fingerprint density at radius 2 is 2.00 bits per heavy atom. The second-order valence-corrected chi connectivity index (χ2v) is 7.92. The predicted molar refractivity (Wildman–Crippen MR) is 104 cm³/mol. The van der Waals surface area contributed by atoms with Crippen molar-refractivity contribution in [2.24, 2.45) is 15.8 Å². The molecule has 4 nitrogen and oxygen atoms in total. The van der Waals surface area contributed by atoms with E-state index < -0.39 is 0 Å². The van der Waals surface area contributed by atoms with Gasteiger partial charge in [-0.15, -0.1) is 24.0 Å². The first kappa shape index (κ1) is 20.0. The molecule has 0 radical (unpaired) electrons. The molecular weight excluding hydrogens is 389 g/mol. The van der Waals surface area contributed by atoms with Crippen molar-refractivity contribution in [1.82, 2.24) is 10.2 Å². The molecule has 2 aliphatic rings. The van der Waals surface area contributed by atoms with Crippen LogP contribution in [0.1, 0.15) is 59.8 Å². The molecule has 2 rings (SSSR count). The lowest BCUT2D eigenvalue weighted by Crippen LogP contribution is -2.43. The minimum absolute atomic E-state index is 0. The van der Waals surface area contributed by atoms with E-state index in [1.807, 2.05) is 0 Å². The number of hydrogen-bond donors (Lipinski definition) is 2. The summed E-state index contributed by atoms with van der Waals surface area (Å²) in [5.74, 6) is 1.03. The van der Waals surface area contributed by atoms with Crippen LogP contribution in [0.5, 0.6) is 0 Å². The predicted octanol–water partition coefficient (Wildman–Crippen LogP) is 3.24. The zero-order valence-corrected chi connectivity index (χ0v) is 17.0. The third kappa shape index (κ3) is 4.98. The fourth-order valence-corrected chi connectivity index (χ4v) is 3.54. The molecule has 130 valence electrons. The minimum atomic E-state index is -0.201. The number of hydrogen-bond acceptors (Lipinski definition) is 2. The number of nitrogens with one attached hydrogen (secondary N) is 1. The monoisotopic (exact) mass is 423 g/mol. The Labute approximate surface area is 153 Å². The van der Waals surface area contributed by atoms with Crippen molar-refractivity contribution in [1.29, 1.82) is 0 Å². The highest BCUT2D eigenvalue weighted by atomic mass is 127. The molecule has 1 heterocycles. The Morgan fingerprint density at radius 1 is 1.27 bits per heavy atom. The van der Waals surface area contributed by atoms with Crippen LogP contribution in [-0.2, 0) is 0 Å². The van der Waals surface area contributed by atoms with Crippen molar-refractivity contribution < 1.29 is 5.11 Å². The van der Waals surface area contributed by atoms with E-state index >= 15 is 0 Å². The van der Waals surface area contributed by atoms with Gasteiger partial charge in [0.25, 0.3) is 0 Å². The van der Waals surface area contributed by atoms with E-state index in [9.17, 15) is 5.11 Å². The van der Waals surface area contributed by atoms with Crippen LogP contribution in [0.15, 0.2) is 4.99 Å². The zero-order valence-electron chi connectivity index (χ0n) is 14.7. The molecule has 2 fully saturated rings. The number of halogens is 1. The molecule has 1 saturated heterocycles. The molecule has 1 aliphatic carbocycles. The Kier molecular flexibility index (Phi) is 7.43. The smallest absolute Gasteiger partial charge is 0.193 e. The van der Waals surface area contributed by atoms with E-state index in [-0.39, 0.29) is 35.5 Å². The molecule has 0 amide bonds. The molecule has 5 heteroatoms. The van der Waals surface area contributed by atoms with E-state index in [0.717, 1.165) is 51.4 Å². The number of rotatable bonds is 3. The van der Waals surface area contributed by atoms with Crippen molar-refractivity contribution in [3.63, 3.8) is 0 Å². The topological polar surface area (TPSA) is 47.9 Å². The Morgan fingerprint density at radius 3 is 2.55 bits per heavy atom. The minimum Gasteiger partial charge on any atom is -0.392 e. The normalized spacial score (nSPS) is 31.8. The Hall–Kier alpha value is -0.0400. The van der Waals surface area contributed by atoms with Crippen molar-refractivity contribution in [3.05, 3.63) is 0 Å². The van der Waals surface area contributed by atoms with E-state index in [1.54, 1.807) is 0 Å². The van der Waals surface area contributed by atoms with E-state index in [4.69, 9.17) is 4.99 Å². The highest BCUT2D eigenvalue weighted by molar-refractivity contribution is 14.0. The summed E-state index contributed by atoms with van der Waals surface area (Å²) in [5, 5.41) is 13.7. The van der Waals surface area contributed by atoms with Crippen LogP contribution in [0.4, 0.5) is 0 Å². The van der Waals surface area contributed by atoms with Gasteiger partial charge in [0.15, 0.2) is 5.96 Å². The van der Waals surface area contributed by atoms with Crippen LogP contribution in [0.2, 0.25) is 0 Å². The summed E-state index contributed by atoms with van der Waals surface area (Å²) in [5.41, 5.74) is 0.332. The lowest BCUT2D eigenvalue weighted by molar-refractivity contribution is 0.00705. The Bertz CT molecular complexity index is 386. The van der Waals surface area contributed by atoms with Crippen LogP contribution in [0.3, 0.4) is 0 Å². The van der Waals surface area contributed by atoms with Crippen LogP contribution in [0.25, 0.3) is 0 Å². The second kappa shape index (κ2) is 8.18. The average molecular weight is 423 g/mol. The first-order valence-corrected chi connectivity index (χ1v) is 8.58. The van der Waals surface area contributed by atoms with Crippen LogP contribution < -0.4 is 5.32 Å². The van der Waals surface area contributed by atoms with Gasteiger partial charge in [0, 0.05) is 25.0 Å². The molecule has 1 aliphatic heterocycles. The summed E-state index contributed by atoms with van der Waals surface area (Å²) in [4.78, 5) is 7.26. The lowest BCUT2D eigenvalue weighted by Gasteiger charge is -2.37. The number of aliphatic hydroxyl groups excluding tert-OH is 1. The molecule has 2 N–H and O–H groups in total. The SMILES string of the molecule is CCNC(=NCC1(C)CCCCC1O)N1CCC(C)(C)C1.I.